The van der Waals surface area contributed by atoms with Crippen LogP contribution in [0.1, 0.15) is 5.56 Å². The first kappa shape index (κ1) is 10.5. The fourth-order valence-electron chi connectivity index (χ4n) is 1.01. The summed E-state index contributed by atoms with van der Waals surface area (Å²) < 4.78 is 0.627. The van der Waals surface area contributed by atoms with Crippen molar-refractivity contribution in [1.29, 1.82) is 5.26 Å². The first-order valence-corrected chi connectivity index (χ1v) is 4.45. The van der Waals surface area contributed by atoms with Crippen molar-refractivity contribution < 1.29 is 4.92 Å². The van der Waals surface area contributed by atoms with Crippen LogP contribution in [0.3, 0.4) is 0 Å². The summed E-state index contributed by atoms with van der Waals surface area (Å²) in [6, 6.07) is 2.92. The molecule has 14 heavy (non-hydrogen) atoms. The van der Waals surface area contributed by atoms with E-state index in [1.807, 2.05) is 0 Å². The molecule has 1 N–H and O–H groups in total. The predicted octanol–water partition coefficient (Wildman–Crippen LogP) is 2.56. The van der Waals surface area contributed by atoms with Gasteiger partial charge in [0.2, 0.25) is 0 Å². The Balaban J connectivity index is 3.28. The molecule has 0 radical (unpaired) electrons. The molecule has 0 unspecified atom stereocenters. The van der Waals surface area contributed by atoms with E-state index < -0.39 is 4.92 Å². The van der Waals surface area contributed by atoms with Crippen LogP contribution in [-0.4, -0.2) is 4.92 Å². The number of anilines is 1. The smallest absolute Gasteiger partial charge is 0.274 e. The van der Waals surface area contributed by atoms with E-state index in [-0.39, 0.29) is 5.69 Å². The molecule has 0 aliphatic heterocycles. The number of hydrogen-bond acceptors (Lipinski definition) is 4. The van der Waals surface area contributed by atoms with Crippen LogP contribution in [0.4, 0.5) is 11.4 Å². The number of rotatable bonds is 2. The van der Waals surface area contributed by atoms with Gasteiger partial charge in [0.1, 0.15) is 0 Å². The summed E-state index contributed by atoms with van der Waals surface area (Å²) >= 11 is 3.20. The fraction of sp³-hybridized carbons (Fsp3) is 0.125. The van der Waals surface area contributed by atoms with Gasteiger partial charge in [-0.25, -0.2) is 0 Å². The molecule has 5 nitrogen and oxygen atoms in total. The van der Waals surface area contributed by atoms with Gasteiger partial charge in [-0.1, -0.05) is 0 Å². The molecule has 0 aliphatic carbocycles. The van der Waals surface area contributed by atoms with Gasteiger partial charge < -0.3 is 0 Å². The lowest BCUT2D eigenvalue weighted by atomic mass is 10.2. The van der Waals surface area contributed by atoms with Gasteiger partial charge in [0.15, 0.2) is 6.19 Å². The number of nitrogens with one attached hydrogen (secondary N) is 1. The van der Waals surface area contributed by atoms with Gasteiger partial charge >= 0.3 is 0 Å². The van der Waals surface area contributed by atoms with E-state index in [0.717, 1.165) is 0 Å². The molecule has 0 bridgehead atoms. The number of benzene rings is 1. The van der Waals surface area contributed by atoms with Crippen molar-refractivity contribution in [2.24, 2.45) is 0 Å². The molecular weight excluding hydrogens is 250 g/mol. The molecular formula is C8H6BrN3O2. The van der Waals surface area contributed by atoms with Crippen molar-refractivity contribution in [3.63, 3.8) is 0 Å². The molecule has 0 atom stereocenters. The van der Waals surface area contributed by atoms with Gasteiger partial charge in [-0.3, -0.25) is 15.4 Å². The highest BCUT2D eigenvalue weighted by atomic mass is 79.9. The monoisotopic (exact) mass is 255 g/mol. The summed E-state index contributed by atoms with van der Waals surface area (Å²) in [4.78, 5) is 10.1. The number of aryl methyl sites for hydroxylation is 1. The molecule has 6 heteroatoms. The summed E-state index contributed by atoms with van der Waals surface area (Å²) in [5.74, 6) is 0. The number of nitro benzene ring substituents is 1. The van der Waals surface area contributed by atoms with Gasteiger partial charge in [-0.15, -0.1) is 0 Å². The highest BCUT2D eigenvalue weighted by Crippen LogP contribution is 2.30. The van der Waals surface area contributed by atoms with Gasteiger partial charge in [0, 0.05) is 16.1 Å². The Morgan fingerprint density at radius 1 is 1.64 bits per heavy atom. The minimum atomic E-state index is -0.482. The van der Waals surface area contributed by atoms with Gasteiger partial charge in [-0.05, 0) is 28.9 Å². The molecule has 0 saturated heterocycles. The van der Waals surface area contributed by atoms with Crippen molar-refractivity contribution in [1.82, 2.24) is 0 Å². The van der Waals surface area contributed by atoms with Crippen molar-refractivity contribution in [3.05, 3.63) is 32.3 Å². The average molecular weight is 256 g/mol. The maximum atomic E-state index is 10.6. The van der Waals surface area contributed by atoms with Crippen LogP contribution < -0.4 is 5.32 Å². The van der Waals surface area contributed by atoms with Crippen LogP contribution in [0.15, 0.2) is 16.6 Å². The van der Waals surface area contributed by atoms with E-state index >= 15 is 0 Å². The number of nitriles is 1. The maximum Gasteiger partial charge on any atom is 0.274 e. The fourth-order valence-corrected chi connectivity index (χ4v) is 1.57. The Morgan fingerprint density at radius 3 is 2.79 bits per heavy atom. The number of halogens is 1. The second-order valence-electron chi connectivity index (χ2n) is 2.61. The molecule has 0 aromatic heterocycles. The third kappa shape index (κ3) is 2.00. The second kappa shape index (κ2) is 4.07. The quantitative estimate of drug-likeness (QED) is 0.381. The van der Waals surface area contributed by atoms with Gasteiger partial charge in [0.05, 0.1) is 10.6 Å². The largest absolute Gasteiger partial charge is 0.291 e. The Labute approximate surface area is 88.6 Å². The SMILES string of the molecule is Cc1cc(Br)c(NC#N)cc1[N+](=O)[O-]. The van der Waals surface area contributed by atoms with Gasteiger partial charge in [-0.2, -0.15) is 5.26 Å². The molecule has 1 aromatic carbocycles. The molecule has 1 aromatic rings. The molecule has 0 amide bonds. The van der Waals surface area contributed by atoms with Crippen LogP contribution >= 0.6 is 15.9 Å². The first-order chi connectivity index (χ1) is 6.56. The van der Waals surface area contributed by atoms with Crippen molar-refractivity contribution in [2.45, 2.75) is 6.92 Å². The van der Waals surface area contributed by atoms with Crippen LogP contribution in [0.2, 0.25) is 0 Å². The van der Waals surface area contributed by atoms with E-state index in [1.165, 1.54) is 6.07 Å². The lowest BCUT2D eigenvalue weighted by Gasteiger charge is -2.03. The van der Waals surface area contributed by atoms with E-state index in [0.29, 0.717) is 15.7 Å². The van der Waals surface area contributed by atoms with Crippen LogP contribution in [0, 0.1) is 28.5 Å². The Kier molecular flexibility index (Phi) is 3.04. The minimum absolute atomic E-state index is 0.00838. The lowest BCUT2D eigenvalue weighted by Crippen LogP contribution is -1.95. The molecule has 0 fully saturated rings. The topological polar surface area (TPSA) is 79.0 Å². The van der Waals surface area contributed by atoms with Gasteiger partial charge in [0.25, 0.3) is 5.69 Å². The Hall–Kier alpha value is -1.61. The number of hydrogen-bond donors (Lipinski definition) is 1. The standard InChI is InChI=1S/C8H6BrN3O2/c1-5-2-6(9)7(11-4-10)3-8(5)12(13)14/h2-3,11H,1H3. The molecule has 0 aliphatic rings. The van der Waals surface area contributed by atoms with Crippen molar-refractivity contribution in [3.8, 4) is 6.19 Å². The molecule has 0 spiro atoms. The lowest BCUT2D eigenvalue weighted by molar-refractivity contribution is -0.385. The summed E-state index contributed by atoms with van der Waals surface area (Å²) in [6.07, 6.45) is 1.71. The second-order valence-corrected chi connectivity index (χ2v) is 3.47. The normalized spacial score (nSPS) is 9.21. The number of nitrogens with zero attached hydrogens (tertiary/aromatic N) is 2. The Bertz CT molecular complexity index is 425. The molecule has 0 heterocycles. The highest BCUT2D eigenvalue weighted by Gasteiger charge is 2.13. The maximum absolute atomic E-state index is 10.6. The van der Waals surface area contributed by atoms with Crippen LogP contribution in [-0.2, 0) is 0 Å². The van der Waals surface area contributed by atoms with E-state index in [9.17, 15) is 10.1 Å². The highest BCUT2D eigenvalue weighted by molar-refractivity contribution is 9.10. The summed E-state index contributed by atoms with van der Waals surface area (Å²) in [6.45, 7) is 1.64. The van der Waals surface area contributed by atoms with E-state index in [1.54, 1.807) is 19.2 Å². The van der Waals surface area contributed by atoms with Crippen LogP contribution in [0.25, 0.3) is 0 Å². The third-order valence-corrected chi connectivity index (χ3v) is 2.33. The first-order valence-electron chi connectivity index (χ1n) is 3.66. The third-order valence-electron chi connectivity index (χ3n) is 1.67. The van der Waals surface area contributed by atoms with E-state index in [4.69, 9.17) is 5.26 Å². The molecule has 1 rings (SSSR count). The Morgan fingerprint density at radius 2 is 2.29 bits per heavy atom. The summed E-state index contributed by atoms with van der Waals surface area (Å²) in [7, 11) is 0. The van der Waals surface area contributed by atoms with Crippen molar-refractivity contribution in [2.75, 3.05) is 5.32 Å². The molecule has 72 valence electrons. The zero-order valence-electron chi connectivity index (χ0n) is 7.24. The van der Waals surface area contributed by atoms with Crippen LogP contribution in [0.5, 0.6) is 0 Å². The summed E-state index contributed by atoms with van der Waals surface area (Å²) in [5, 5.41) is 21.3. The average Bonchev–Trinajstić information content (AvgIpc) is 2.09. The predicted molar refractivity (Wildman–Crippen MR) is 54.8 cm³/mol. The van der Waals surface area contributed by atoms with Crippen molar-refractivity contribution >= 4 is 27.3 Å². The van der Waals surface area contributed by atoms with E-state index in [2.05, 4.69) is 21.2 Å². The summed E-state index contributed by atoms with van der Waals surface area (Å²) in [5.41, 5.74) is 0.932. The zero-order valence-corrected chi connectivity index (χ0v) is 8.83. The molecule has 0 saturated carbocycles. The minimum Gasteiger partial charge on any atom is -0.291 e. The zero-order chi connectivity index (χ0) is 10.7. The number of nitro groups is 1.